The molecule has 0 aromatic rings. The first-order valence-electron chi connectivity index (χ1n) is 5.88. The van der Waals surface area contributed by atoms with Crippen LogP contribution < -0.4 is 0 Å². The average molecular weight is 229 g/mol. The van der Waals surface area contributed by atoms with Gasteiger partial charge in [-0.1, -0.05) is 26.7 Å². The number of unbranched alkanes of at least 4 members (excludes halogenated alkanes) is 1. The second-order valence-corrected chi connectivity index (χ2v) is 4.02. The van der Waals surface area contributed by atoms with Crippen molar-refractivity contribution in [2.45, 2.75) is 39.5 Å². The van der Waals surface area contributed by atoms with E-state index >= 15 is 0 Å². The highest BCUT2D eigenvalue weighted by molar-refractivity contribution is 5.83. The lowest BCUT2D eigenvalue weighted by molar-refractivity contribution is -0.147. The van der Waals surface area contributed by atoms with E-state index in [1.54, 1.807) is 7.05 Å². The van der Waals surface area contributed by atoms with Gasteiger partial charge in [-0.15, -0.1) is 0 Å². The Hall–Kier alpha value is -1.06. The van der Waals surface area contributed by atoms with Crippen LogP contribution in [0.3, 0.4) is 0 Å². The number of methoxy groups -OCH3 is 1. The molecule has 1 atom stereocenters. The zero-order valence-corrected chi connectivity index (χ0v) is 10.8. The summed E-state index contributed by atoms with van der Waals surface area (Å²) in [5.41, 5.74) is 0. The van der Waals surface area contributed by atoms with Crippen LogP contribution in [0.25, 0.3) is 0 Å². The van der Waals surface area contributed by atoms with Crippen molar-refractivity contribution in [2.75, 3.05) is 20.7 Å². The largest absolute Gasteiger partial charge is 0.468 e. The second-order valence-electron chi connectivity index (χ2n) is 4.02. The molecule has 0 saturated carbocycles. The van der Waals surface area contributed by atoms with Crippen LogP contribution in [0.2, 0.25) is 0 Å². The van der Waals surface area contributed by atoms with Crippen LogP contribution >= 0.6 is 0 Å². The molecule has 0 aliphatic heterocycles. The molecule has 0 aromatic carbocycles. The van der Waals surface area contributed by atoms with E-state index in [1.807, 2.05) is 6.92 Å². The fraction of sp³-hybridized carbons (Fsp3) is 0.833. The monoisotopic (exact) mass is 229 g/mol. The van der Waals surface area contributed by atoms with E-state index in [9.17, 15) is 9.59 Å². The Labute approximate surface area is 98.0 Å². The van der Waals surface area contributed by atoms with Crippen molar-refractivity contribution in [3.8, 4) is 0 Å². The quantitative estimate of drug-likeness (QED) is 0.626. The second kappa shape index (κ2) is 8.13. The Morgan fingerprint density at radius 1 is 1.31 bits per heavy atom. The Bertz CT molecular complexity index is 228. The summed E-state index contributed by atoms with van der Waals surface area (Å²) in [5.74, 6) is -0.294. The van der Waals surface area contributed by atoms with E-state index in [0.717, 1.165) is 25.7 Å². The van der Waals surface area contributed by atoms with E-state index < -0.39 is 0 Å². The highest BCUT2D eigenvalue weighted by atomic mass is 16.5. The number of rotatable bonds is 7. The molecule has 0 N–H and O–H groups in total. The summed E-state index contributed by atoms with van der Waals surface area (Å²) in [6.45, 7) is 4.15. The van der Waals surface area contributed by atoms with Crippen LogP contribution in [0.5, 0.6) is 0 Å². The molecule has 0 saturated heterocycles. The lowest BCUT2D eigenvalue weighted by Gasteiger charge is -2.21. The molecule has 0 heterocycles. The van der Waals surface area contributed by atoms with Gasteiger partial charge in [-0.05, 0) is 12.8 Å². The molecule has 1 amide bonds. The van der Waals surface area contributed by atoms with Gasteiger partial charge in [-0.25, -0.2) is 0 Å². The summed E-state index contributed by atoms with van der Waals surface area (Å²) in [6.07, 6.45) is 3.86. The summed E-state index contributed by atoms with van der Waals surface area (Å²) >= 11 is 0. The SMILES string of the molecule is CCCCC(CC)C(=O)N(C)CC(=O)OC. The van der Waals surface area contributed by atoms with Gasteiger partial charge in [0.05, 0.1) is 7.11 Å². The molecule has 0 radical (unpaired) electrons. The van der Waals surface area contributed by atoms with Crippen LogP contribution in [0, 0.1) is 5.92 Å². The van der Waals surface area contributed by atoms with E-state index in [0.29, 0.717) is 0 Å². The molecule has 0 aromatic heterocycles. The summed E-state index contributed by atoms with van der Waals surface area (Å²) < 4.78 is 4.53. The molecule has 0 aliphatic carbocycles. The van der Waals surface area contributed by atoms with Crippen molar-refractivity contribution in [1.29, 1.82) is 0 Å². The summed E-state index contributed by atoms with van der Waals surface area (Å²) in [7, 11) is 2.98. The number of hydrogen-bond acceptors (Lipinski definition) is 3. The van der Waals surface area contributed by atoms with Crippen molar-refractivity contribution >= 4 is 11.9 Å². The lowest BCUT2D eigenvalue weighted by atomic mass is 9.98. The minimum Gasteiger partial charge on any atom is -0.468 e. The fourth-order valence-corrected chi connectivity index (χ4v) is 1.60. The van der Waals surface area contributed by atoms with Crippen molar-refractivity contribution in [3.05, 3.63) is 0 Å². The maximum absolute atomic E-state index is 11.9. The molecule has 0 aliphatic rings. The predicted molar refractivity (Wildman–Crippen MR) is 63.0 cm³/mol. The molecule has 0 bridgehead atoms. The first kappa shape index (κ1) is 14.9. The molecule has 16 heavy (non-hydrogen) atoms. The van der Waals surface area contributed by atoms with Crippen LogP contribution in [0.15, 0.2) is 0 Å². The van der Waals surface area contributed by atoms with Crippen molar-refractivity contribution < 1.29 is 14.3 Å². The topological polar surface area (TPSA) is 46.6 Å². The maximum Gasteiger partial charge on any atom is 0.325 e. The zero-order valence-electron chi connectivity index (χ0n) is 10.8. The Kier molecular flexibility index (Phi) is 7.60. The number of carbonyl (C=O) groups is 2. The molecule has 0 rings (SSSR count). The van der Waals surface area contributed by atoms with Crippen molar-refractivity contribution in [3.63, 3.8) is 0 Å². The van der Waals surface area contributed by atoms with Gasteiger partial charge in [-0.3, -0.25) is 9.59 Å². The smallest absolute Gasteiger partial charge is 0.325 e. The van der Waals surface area contributed by atoms with Crippen molar-refractivity contribution in [1.82, 2.24) is 4.90 Å². The number of esters is 1. The molecule has 1 unspecified atom stereocenters. The van der Waals surface area contributed by atoms with Crippen LogP contribution in [0.1, 0.15) is 39.5 Å². The van der Waals surface area contributed by atoms with Crippen LogP contribution in [-0.2, 0) is 14.3 Å². The minimum atomic E-state index is -0.374. The van der Waals surface area contributed by atoms with Crippen LogP contribution in [-0.4, -0.2) is 37.5 Å². The maximum atomic E-state index is 11.9. The van der Waals surface area contributed by atoms with E-state index in [-0.39, 0.29) is 24.3 Å². The highest BCUT2D eigenvalue weighted by Crippen LogP contribution is 2.15. The minimum absolute atomic E-state index is 0.0367. The third-order valence-electron chi connectivity index (χ3n) is 2.72. The van der Waals surface area contributed by atoms with E-state index in [2.05, 4.69) is 11.7 Å². The first-order valence-corrected chi connectivity index (χ1v) is 5.88. The normalized spacial score (nSPS) is 12.0. The third-order valence-corrected chi connectivity index (χ3v) is 2.72. The van der Waals surface area contributed by atoms with Gasteiger partial charge in [-0.2, -0.15) is 0 Å². The Morgan fingerprint density at radius 3 is 2.38 bits per heavy atom. The van der Waals surface area contributed by atoms with Gasteiger partial charge in [0.25, 0.3) is 0 Å². The number of amides is 1. The predicted octanol–water partition coefficient (Wildman–Crippen LogP) is 1.83. The molecular formula is C12H23NO3. The average Bonchev–Trinajstić information content (AvgIpc) is 2.29. The van der Waals surface area contributed by atoms with E-state index in [4.69, 9.17) is 0 Å². The Morgan fingerprint density at radius 2 is 1.94 bits per heavy atom. The van der Waals surface area contributed by atoms with Gasteiger partial charge >= 0.3 is 5.97 Å². The van der Waals surface area contributed by atoms with Gasteiger partial charge in [0.15, 0.2) is 0 Å². The third kappa shape index (κ3) is 5.14. The van der Waals surface area contributed by atoms with Crippen molar-refractivity contribution in [2.24, 2.45) is 5.92 Å². The number of likely N-dealkylation sites (N-methyl/N-ethyl adjacent to an activating group) is 1. The first-order chi connectivity index (χ1) is 7.56. The molecular weight excluding hydrogens is 206 g/mol. The van der Waals surface area contributed by atoms with Gasteiger partial charge < -0.3 is 9.64 Å². The summed E-state index contributed by atoms with van der Waals surface area (Å²) in [5, 5.41) is 0. The number of ether oxygens (including phenoxy) is 1. The number of hydrogen-bond donors (Lipinski definition) is 0. The molecule has 0 fully saturated rings. The molecule has 94 valence electrons. The van der Waals surface area contributed by atoms with E-state index in [1.165, 1.54) is 12.0 Å². The lowest BCUT2D eigenvalue weighted by Crippen LogP contribution is -2.36. The van der Waals surface area contributed by atoms with Gasteiger partial charge in [0.1, 0.15) is 6.54 Å². The van der Waals surface area contributed by atoms with Gasteiger partial charge in [0.2, 0.25) is 5.91 Å². The molecule has 0 spiro atoms. The molecule has 4 heteroatoms. The van der Waals surface area contributed by atoms with Crippen LogP contribution in [0.4, 0.5) is 0 Å². The highest BCUT2D eigenvalue weighted by Gasteiger charge is 2.21. The molecule has 4 nitrogen and oxygen atoms in total. The zero-order chi connectivity index (χ0) is 12.6. The standard InChI is InChI=1S/C12H23NO3/c1-5-7-8-10(6-2)12(15)13(3)9-11(14)16-4/h10H,5-9H2,1-4H3. The van der Waals surface area contributed by atoms with Gasteiger partial charge in [0, 0.05) is 13.0 Å². The summed E-state index contributed by atoms with van der Waals surface area (Å²) in [6, 6.07) is 0. The number of nitrogens with zero attached hydrogens (tertiary/aromatic N) is 1. The summed E-state index contributed by atoms with van der Waals surface area (Å²) in [4.78, 5) is 24.4. The fourth-order valence-electron chi connectivity index (χ4n) is 1.60. The number of carbonyl (C=O) groups excluding carboxylic acids is 2. The Balaban J connectivity index is 4.21.